The molecular formula is C39H25N2PSe. The first-order valence-electron chi connectivity index (χ1n) is 14.5. The van der Waals surface area contributed by atoms with E-state index in [4.69, 9.17) is 4.98 Å². The normalized spacial score (nSPS) is 12.3. The Kier molecular flexibility index (Phi) is 5.52. The summed E-state index contributed by atoms with van der Waals surface area (Å²) >= 11 is 3.73. The van der Waals surface area contributed by atoms with Crippen molar-refractivity contribution in [1.82, 2.24) is 9.38 Å². The maximum absolute atomic E-state index is 5.20. The molecule has 0 aliphatic carbocycles. The van der Waals surface area contributed by atoms with Crippen molar-refractivity contribution in [3.63, 3.8) is 0 Å². The molecule has 0 amide bonds. The number of fused-ring (bicyclic) bond motifs is 11. The second-order valence-electron chi connectivity index (χ2n) is 11.1. The summed E-state index contributed by atoms with van der Waals surface area (Å²) in [5.41, 5.74) is 2.37. The van der Waals surface area contributed by atoms with Crippen LogP contribution in [-0.4, -0.2) is 24.5 Å². The van der Waals surface area contributed by atoms with E-state index in [9.17, 15) is 0 Å². The van der Waals surface area contributed by atoms with Gasteiger partial charge in [0.25, 0.3) is 0 Å². The molecule has 0 saturated carbocycles. The fourth-order valence-corrected chi connectivity index (χ4v) is 11.7. The van der Waals surface area contributed by atoms with Gasteiger partial charge < -0.3 is 0 Å². The van der Waals surface area contributed by atoms with Crippen molar-refractivity contribution in [2.75, 3.05) is 0 Å². The molecular weight excluding hydrogens is 606 g/mol. The van der Waals surface area contributed by atoms with Crippen LogP contribution >= 0.6 is 5.51 Å². The number of para-hydroxylation sites is 2. The summed E-state index contributed by atoms with van der Waals surface area (Å²) in [5, 5.41) is 12.6. The zero-order valence-electron chi connectivity index (χ0n) is 23.2. The molecule has 43 heavy (non-hydrogen) atoms. The maximum atomic E-state index is 5.20. The Morgan fingerprint density at radius 1 is 0.465 bits per heavy atom. The number of benzene rings is 7. The minimum atomic E-state index is -1.97. The first-order valence-corrected chi connectivity index (χ1v) is 18.5. The Balaban J connectivity index is 1.41. The molecule has 0 aliphatic heterocycles. The van der Waals surface area contributed by atoms with Crippen LogP contribution in [0.3, 0.4) is 0 Å². The van der Waals surface area contributed by atoms with Gasteiger partial charge in [-0.3, -0.25) is 0 Å². The molecule has 2 aromatic heterocycles. The van der Waals surface area contributed by atoms with Crippen LogP contribution in [0.25, 0.3) is 59.9 Å². The molecule has 2 nitrogen and oxygen atoms in total. The molecule has 0 spiro atoms. The van der Waals surface area contributed by atoms with Crippen molar-refractivity contribution in [2.45, 2.75) is 0 Å². The topological polar surface area (TPSA) is 17.3 Å². The molecule has 202 valence electrons. The SMILES string of the molecule is [Se]=P(c1ccccc1)(c1ccccc1)c1ccc2cc3c(cc2c1)c1ccc2ccccc2c1c1nc2ccccc2n31. The standard InChI is InChI=1S/C39H25N2PSe/c43-42(29-12-3-1-4-13-29,30-14-5-2-6-15-30)31-21-19-27-25-37-34(24-28(27)23-31)33-22-20-26-11-7-8-16-32(26)38(33)39-40-35-17-9-10-18-36(35)41(37)39/h1-25H. The van der Waals surface area contributed by atoms with Crippen LogP contribution in [0.4, 0.5) is 0 Å². The van der Waals surface area contributed by atoms with E-state index in [-0.39, 0.29) is 0 Å². The second-order valence-corrected chi connectivity index (χ2v) is 17.4. The first kappa shape index (κ1) is 25.0. The van der Waals surface area contributed by atoms with E-state index < -0.39 is 5.51 Å². The van der Waals surface area contributed by atoms with Crippen LogP contribution in [0.5, 0.6) is 0 Å². The van der Waals surface area contributed by atoms with Crippen molar-refractivity contribution < 1.29 is 0 Å². The number of hydrogen-bond donors (Lipinski definition) is 0. The van der Waals surface area contributed by atoms with Crippen molar-refractivity contribution in [1.29, 1.82) is 0 Å². The molecule has 0 radical (unpaired) electrons. The molecule has 0 atom stereocenters. The summed E-state index contributed by atoms with van der Waals surface area (Å²) in [5.74, 6) is 0. The van der Waals surface area contributed by atoms with Crippen LogP contribution in [0.15, 0.2) is 152 Å². The van der Waals surface area contributed by atoms with Crippen molar-refractivity contribution in [3.05, 3.63) is 152 Å². The summed E-state index contributed by atoms with van der Waals surface area (Å²) in [7, 11) is 0. The quantitative estimate of drug-likeness (QED) is 0.0828. The summed E-state index contributed by atoms with van der Waals surface area (Å²) in [6.45, 7) is 0. The van der Waals surface area contributed by atoms with Crippen LogP contribution in [0.1, 0.15) is 0 Å². The van der Waals surface area contributed by atoms with E-state index in [1.807, 2.05) is 0 Å². The van der Waals surface area contributed by atoms with Gasteiger partial charge in [-0.1, -0.05) is 0 Å². The molecule has 0 fully saturated rings. The Labute approximate surface area is 256 Å². The van der Waals surface area contributed by atoms with Gasteiger partial charge in [0.15, 0.2) is 0 Å². The van der Waals surface area contributed by atoms with Gasteiger partial charge in [0.1, 0.15) is 0 Å². The van der Waals surface area contributed by atoms with E-state index >= 15 is 0 Å². The van der Waals surface area contributed by atoms with Crippen LogP contribution in [0.2, 0.25) is 0 Å². The predicted octanol–water partition coefficient (Wildman–Crippen LogP) is 8.48. The molecule has 0 N–H and O–H groups in total. The molecule has 4 heteroatoms. The zero-order chi connectivity index (χ0) is 28.5. The fraction of sp³-hybridized carbons (Fsp3) is 0. The van der Waals surface area contributed by atoms with Crippen LogP contribution in [-0.2, 0) is 0 Å². The Morgan fingerprint density at radius 2 is 1.14 bits per heavy atom. The molecule has 9 rings (SSSR count). The van der Waals surface area contributed by atoms with E-state index in [0.29, 0.717) is 0 Å². The van der Waals surface area contributed by atoms with E-state index in [0.717, 1.165) is 16.7 Å². The average Bonchev–Trinajstić information content (AvgIpc) is 3.47. The Morgan fingerprint density at radius 3 is 1.93 bits per heavy atom. The molecule has 0 bridgehead atoms. The van der Waals surface area contributed by atoms with Crippen molar-refractivity contribution in [2.24, 2.45) is 0 Å². The zero-order valence-corrected chi connectivity index (χ0v) is 25.8. The Hall–Kier alpha value is -4.52. The van der Waals surface area contributed by atoms with Crippen LogP contribution < -0.4 is 15.9 Å². The number of pyridine rings is 1. The number of rotatable bonds is 3. The number of hydrogen-bond acceptors (Lipinski definition) is 1. The summed E-state index contributed by atoms with van der Waals surface area (Å²) in [6.07, 6.45) is 0. The predicted molar refractivity (Wildman–Crippen MR) is 187 cm³/mol. The van der Waals surface area contributed by atoms with Gasteiger partial charge in [0, 0.05) is 0 Å². The summed E-state index contributed by atoms with van der Waals surface area (Å²) < 4.78 is 2.37. The van der Waals surface area contributed by atoms with Gasteiger partial charge in [-0.05, 0) is 0 Å². The molecule has 0 aliphatic rings. The van der Waals surface area contributed by atoms with Gasteiger partial charge in [0.2, 0.25) is 0 Å². The van der Waals surface area contributed by atoms with Crippen LogP contribution in [0, 0.1) is 0 Å². The van der Waals surface area contributed by atoms with Crippen molar-refractivity contribution >= 4 is 96.4 Å². The number of imidazole rings is 1. The summed E-state index contributed by atoms with van der Waals surface area (Å²) in [4.78, 5) is 5.20. The van der Waals surface area contributed by atoms with E-state index in [2.05, 4.69) is 171 Å². The van der Waals surface area contributed by atoms with Crippen molar-refractivity contribution in [3.8, 4) is 0 Å². The molecule has 7 aromatic carbocycles. The molecule has 2 heterocycles. The minimum absolute atomic E-state index is 1.01. The second kappa shape index (κ2) is 9.49. The average molecular weight is 632 g/mol. The third-order valence-corrected chi connectivity index (χ3v) is 15.8. The molecule has 0 saturated heterocycles. The van der Waals surface area contributed by atoms with Gasteiger partial charge in [-0.25, -0.2) is 0 Å². The monoisotopic (exact) mass is 632 g/mol. The van der Waals surface area contributed by atoms with Gasteiger partial charge in [-0.2, -0.15) is 0 Å². The first-order chi connectivity index (χ1) is 21.2. The third kappa shape index (κ3) is 3.66. The summed E-state index contributed by atoms with van der Waals surface area (Å²) in [6, 6.07) is 55.3. The Bertz CT molecular complexity index is 2540. The third-order valence-electron chi connectivity index (χ3n) is 8.79. The van der Waals surface area contributed by atoms with Gasteiger partial charge in [0.05, 0.1) is 0 Å². The fourth-order valence-electron chi connectivity index (χ4n) is 6.77. The number of nitrogens with zero attached hydrogens (tertiary/aromatic N) is 2. The molecule has 9 aromatic rings. The van der Waals surface area contributed by atoms with Gasteiger partial charge in [-0.15, -0.1) is 0 Å². The van der Waals surface area contributed by atoms with Gasteiger partial charge >= 0.3 is 257 Å². The van der Waals surface area contributed by atoms with E-state index in [1.165, 1.54) is 59.1 Å². The van der Waals surface area contributed by atoms with E-state index in [1.54, 1.807) is 0 Å². The number of aromatic nitrogens is 2. The molecule has 0 unspecified atom stereocenters.